The van der Waals surface area contributed by atoms with Gasteiger partial charge in [-0.2, -0.15) is 0 Å². The van der Waals surface area contributed by atoms with Gasteiger partial charge >= 0.3 is 0 Å². The monoisotopic (exact) mass is 417 g/mol. The minimum Gasteiger partial charge on any atom is -0.507 e. The summed E-state index contributed by atoms with van der Waals surface area (Å²) < 4.78 is 19.0. The number of nitrogens with zero attached hydrogens (tertiary/aromatic N) is 1. The molecular formula is C25H20FNO4. The number of rotatable bonds is 5. The summed E-state index contributed by atoms with van der Waals surface area (Å²) in [7, 11) is 0. The first-order valence-corrected chi connectivity index (χ1v) is 9.86. The molecule has 1 aliphatic heterocycles. The maximum absolute atomic E-state index is 13.4. The van der Waals surface area contributed by atoms with Crippen LogP contribution in [0, 0.1) is 5.82 Å². The van der Waals surface area contributed by atoms with Crippen molar-refractivity contribution in [2.75, 3.05) is 11.5 Å². The van der Waals surface area contributed by atoms with Crippen molar-refractivity contribution in [1.82, 2.24) is 0 Å². The molecule has 5 nitrogen and oxygen atoms in total. The van der Waals surface area contributed by atoms with E-state index >= 15 is 0 Å². The highest BCUT2D eigenvalue weighted by Crippen LogP contribution is 2.42. The molecule has 3 aromatic rings. The number of ether oxygens (including phenoxy) is 1. The Balaban J connectivity index is 1.93. The zero-order valence-corrected chi connectivity index (χ0v) is 16.8. The number of hydrogen-bond acceptors (Lipinski definition) is 4. The molecule has 1 atom stereocenters. The number of halogens is 1. The van der Waals surface area contributed by atoms with Gasteiger partial charge in [-0.25, -0.2) is 4.39 Å². The number of hydrogen-bond donors (Lipinski definition) is 1. The van der Waals surface area contributed by atoms with Crippen LogP contribution in [0.2, 0.25) is 0 Å². The van der Waals surface area contributed by atoms with Gasteiger partial charge in [0.2, 0.25) is 0 Å². The maximum Gasteiger partial charge on any atom is 0.300 e. The van der Waals surface area contributed by atoms with E-state index in [0.29, 0.717) is 23.6 Å². The maximum atomic E-state index is 13.4. The number of benzene rings is 3. The lowest BCUT2D eigenvalue weighted by Gasteiger charge is -2.25. The number of aliphatic hydroxyl groups excluding tert-OH is 1. The molecule has 4 rings (SSSR count). The van der Waals surface area contributed by atoms with E-state index in [4.69, 9.17) is 4.74 Å². The lowest BCUT2D eigenvalue weighted by atomic mass is 9.95. The SMILES string of the molecule is CCOc1cccc(C2/C(=C(/O)c3ccc(F)cc3)C(=O)C(=O)N2c2ccccc2)c1. The van der Waals surface area contributed by atoms with Crippen molar-refractivity contribution >= 4 is 23.1 Å². The lowest BCUT2D eigenvalue weighted by molar-refractivity contribution is -0.132. The summed E-state index contributed by atoms with van der Waals surface area (Å²) in [6.07, 6.45) is 0. The van der Waals surface area contributed by atoms with Crippen LogP contribution in [0.3, 0.4) is 0 Å². The van der Waals surface area contributed by atoms with Gasteiger partial charge < -0.3 is 9.84 Å². The Morgan fingerprint density at radius 1 is 1.00 bits per heavy atom. The second-order valence-corrected chi connectivity index (χ2v) is 7.02. The molecule has 156 valence electrons. The highest BCUT2D eigenvalue weighted by Gasteiger charge is 2.47. The predicted octanol–water partition coefficient (Wildman–Crippen LogP) is 4.85. The van der Waals surface area contributed by atoms with Crippen LogP contribution in [0.25, 0.3) is 5.76 Å². The van der Waals surface area contributed by atoms with Crippen LogP contribution < -0.4 is 9.64 Å². The molecule has 0 aromatic heterocycles. The standard InChI is InChI=1S/C25H20FNO4/c1-2-31-20-10-6-7-17(15-20)22-21(23(28)16-11-13-18(26)14-12-16)24(29)25(30)27(22)19-8-4-3-5-9-19/h3-15,22,28H,2H2,1H3/b23-21-. The number of carbonyl (C=O) groups is 2. The van der Waals surface area contributed by atoms with Gasteiger partial charge in [0, 0.05) is 11.3 Å². The van der Waals surface area contributed by atoms with Crippen LogP contribution >= 0.6 is 0 Å². The summed E-state index contributed by atoms with van der Waals surface area (Å²) in [5.74, 6) is -1.80. The third-order valence-corrected chi connectivity index (χ3v) is 5.08. The van der Waals surface area contributed by atoms with E-state index < -0.39 is 23.5 Å². The molecule has 3 aromatic carbocycles. The molecule has 1 fully saturated rings. The highest BCUT2D eigenvalue weighted by atomic mass is 19.1. The number of carbonyl (C=O) groups excluding carboxylic acids is 2. The largest absolute Gasteiger partial charge is 0.507 e. The molecule has 6 heteroatoms. The van der Waals surface area contributed by atoms with Crippen LogP contribution in [0.1, 0.15) is 24.1 Å². The van der Waals surface area contributed by atoms with Crippen molar-refractivity contribution in [3.63, 3.8) is 0 Å². The first kappa shape index (κ1) is 20.3. The molecule has 31 heavy (non-hydrogen) atoms. The molecule has 1 amide bonds. The van der Waals surface area contributed by atoms with Crippen molar-refractivity contribution in [1.29, 1.82) is 0 Å². The molecule has 0 aliphatic carbocycles. The topological polar surface area (TPSA) is 66.8 Å². The Bertz CT molecular complexity index is 1160. The smallest absolute Gasteiger partial charge is 0.300 e. The van der Waals surface area contributed by atoms with Crippen LogP contribution in [0.15, 0.2) is 84.4 Å². The lowest BCUT2D eigenvalue weighted by Crippen LogP contribution is -2.29. The molecule has 1 heterocycles. The molecule has 0 radical (unpaired) electrons. The minimum atomic E-state index is -0.868. The summed E-state index contributed by atoms with van der Waals surface area (Å²) in [5, 5.41) is 11.0. The van der Waals surface area contributed by atoms with Crippen molar-refractivity contribution < 1.29 is 23.8 Å². The van der Waals surface area contributed by atoms with E-state index in [1.807, 2.05) is 13.0 Å². The van der Waals surface area contributed by atoms with E-state index in [1.54, 1.807) is 48.5 Å². The Hall–Kier alpha value is -3.93. The zero-order valence-electron chi connectivity index (χ0n) is 16.8. The fraction of sp³-hybridized carbons (Fsp3) is 0.120. The number of anilines is 1. The summed E-state index contributed by atoms with van der Waals surface area (Å²) >= 11 is 0. The van der Waals surface area contributed by atoms with E-state index in [2.05, 4.69) is 0 Å². The minimum absolute atomic E-state index is 0.0610. The Labute approximate surface area is 179 Å². The predicted molar refractivity (Wildman–Crippen MR) is 115 cm³/mol. The summed E-state index contributed by atoms with van der Waals surface area (Å²) in [6.45, 7) is 2.31. The van der Waals surface area contributed by atoms with Crippen LogP contribution in [-0.4, -0.2) is 23.4 Å². The van der Waals surface area contributed by atoms with Gasteiger partial charge in [-0.1, -0.05) is 30.3 Å². The van der Waals surface area contributed by atoms with Crippen LogP contribution in [-0.2, 0) is 9.59 Å². The number of ketones is 1. The molecule has 1 saturated heterocycles. The third-order valence-electron chi connectivity index (χ3n) is 5.08. The van der Waals surface area contributed by atoms with E-state index in [0.717, 1.165) is 0 Å². The van der Waals surface area contributed by atoms with Gasteiger partial charge in [0.25, 0.3) is 11.7 Å². The van der Waals surface area contributed by atoms with E-state index in [-0.39, 0.29) is 16.9 Å². The van der Waals surface area contributed by atoms with Gasteiger partial charge in [-0.05, 0) is 61.0 Å². The third kappa shape index (κ3) is 3.80. The fourth-order valence-corrected chi connectivity index (χ4v) is 3.71. The van der Waals surface area contributed by atoms with Crippen molar-refractivity contribution in [3.05, 3.63) is 101 Å². The van der Waals surface area contributed by atoms with E-state index in [1.165, 1.54) is 29.2 Å². The average molecular weight is 417 g/mol. The molecule has 1 aliphatic rings. The van der Waals surface area contributed by atoms with Gasteiger partial charge in [-0.15, -0.1) is 0 Å². The number of aliphatic hydroxyl groups is 1. The number of amides is 1. The molecule has 0 spiro atoms. The Morgan fingerprint density at radius 3 is 2.39 bits per heavy atom. The van der Waals surface area contributed by atoms with Crippen LogP contribution in [0.5, 0.6) is 5.75 Å². The summed E-state index contributed by atoms with van der Waals surface area (Å²) in [6, 6.07) is 20.1. The Kier molecular flexibility index (Phi) is 5.54. The second-order valence-electron chi connectivity index (χ2n) is 7.02. The van der Waals surface area contributed by atoms with Gasteiger partial charge in [-0.3, -0.25) is 14.5 Å². The number of para-hydroxylation sites is 1. The van der Waals surface area contributed by atoms with Gasteiger partial charge in [0.15, 0.2) is 0 Å². The first-order chi connectivity index (χ1) is 15.0. The van der Waals surface area contributed by atoms with Crippen molar-refractivity contribution in [3.8, 4) is 5.75 Å². The quantitative estimate of drug-likeness (QED) is 0.366. The normalized spacial score (nSPS) is 17.7. The molecule has 0 saturated carbocycles. The van der Waals surface area contributed by atoms with Gasteiger partial charge in [0.1, 0.15) is 17.3 Å². The van der Waals surface area contributed by atoms with Crippen molar-refractivity contribution in [2.45, 2.75) is 13.0 Å². The highest BCUT2D eigenvalue weighted by molar-refractivity contribution is 6.51. The average Bonchev–Trinajstić information content (AvgIpc) is 3.05. The second kappa shape index (κ2) is 8.44. The van der Waals surface area contributed by atoms with Gasteiger partial charge in [0.05, 0.1) is 18.2 Å². The van der Waals surface area contributed by atoms with Crippen molar-refractivity contribution in [2.24, 2.45) is 0 Å². The van der Waals surface area contributed by atoms with Crippen LogP contribution in [0.4, 0.5) is 10.1 Å². The Morgan fingerprint density at radius 2 is 1.71 bits per heavy atom. The molecule has 1 unspecified atom stereocenters. The fourth-order valence-electron chi connectivity index (χ4n) is 3.71. The summed E-state index contributed by atoms with van der Waals surface area (Å²) in [4.78, 5) is 27.5. The first-order valence-electron chi connectivity index (χ1n) is 9.86. The molecule has 1 N–H and O–H groups in total. The number of Topliss-reactive ketones (excluding diaryl/α,β-unsaturated/α-hetero) is 1. The zero-order chi connectivity index (χ0) is 22.0. The molecular weight excluding hydrogens is 397 g/mol. The summed E-state index contributed by atoms with van der Waals surface area (Å²) in [5.41, 5.74) is 1.32. The van der Waals surface area contributed by atoms with E-state index in [9.17, 15) is 19.1 Å². The molecule has 0 bridgehead atoms.